The maximum Gasteiger partial charge on any atom is 0.229 e. The number of fused-ring (bicyclic) bond motifs is 1. The minimum Gasteiger partial charge on any atom is -0.507 e. The Bertz CT molecular complexity index is 1520. The summed E-state index contributed by atoms with van der Waals surface area (Å²) in [5.74, 6) is -0.760. The quantitative estimate of drug-likeness (QED) is 0.130. The highest BCUT2D eigenvalue weighted by atomic mass is 16.8. The van der Waals surface area contributed by atoms with Crippen LogP contribution in [0, 0.1) is 0 Å². The highest BCUT2D eigenvalue weighted by Crippen LogP contribution is 2.36. The Labute approximate surface area is 248 Å². The first-order valence-electron chi connectivity index (χ1n) is 13.4. The second-order valence-corrected chi connectivity index (χ2v) is 10.3. The minimum absolute atomic E-state index is 0.0219. The number of rotatable bonds is 8. The van der Waals surface area contributed by atoms with Crippen LogP contribution >= 0.6 is 0 Å². The van der Waals surface area contributed by atoms with Gasteiger partial charge in [-0.05, 0) is 18.2 Å². The molecule has 240 valence electrons. The molecule has 44 heavy (non-hydrogen) atoms. The number of benzene rings is 2. The monoisotopic (exact) mass is 624 g/mol. The zero-order valence-corrected chi connectivity index (χ0v) is 23.0. The van der Waals surface area contributed by atoms with Gasteiger partial charge in [0.25, 0.3) is 0 Å². The molecule has 0 saturated carbocycles. The van der Waals surface area contributed by atoms with Crippen molar-refractivity contribution >= 4 is 11.0 Å². The summed E-state index contributed by atoms with van der Waals surface area (Å²) in [5.41, 5.74) is -0.476. The SMILES string of the molecule is COc1ccc(-c2cc(=O)c3c(O)cc(O[C@@H]4O[C@@H](CO)[C@@H](O)[C@H](O)[C@H]4O[C@@H]4O[C@@H](CO)[C@@H](O)[C@H](O)[C@H]4O)cc3o2)cc1O. The summed E-state index contributed by atoms with van der Waals surface area (Å²) in [6, 6.07) is 7.66. The second kappa shape index (κ2) is 12.8. The molecule has 0 bridgehead atoms. The normalized spacial score (nSPS) is 32.5. The van der Waals surface area contributed by atoms with E-state index in [2.05, 4.69) is 0 Å². The van der Waals surface area contributed by atoms with Crippen molar-refractivity contribution in [3.05, 3.63) is 46.6 Å². The van der Waals surface area contributed by atoms with E-state index in [1.807, 2.05) is 0 Å². The highest BCUT2D eigenvalue weighted by molar-refractivity contribution is 5.86. The molecule has 2 saturated heterocycles. The molecule has 0 aliphatic carbocycles. The minimum atomic E-state index is -1.87. The Kier molecular flexibility index (Phi) is 9.28. The molecule has 2 aliphatic heterocycles. The molecule has 3 aromatic rings. The first-order valence-corrected chi connectivity index (χ1v) is 13.4. The Balaban J connectivity index is 1.48. The van der Waals surface area contributed by atoms with Crippen LogP contribution in [0.2, 0.25) is 0 Å². The Hall–Kier alpha value is -3.55. The van der Waals surface area contributed by atoms with E-state index in [9.17, 15) is 50.8 Å². The van der Waals surface area contributed by atoms with Crippen LogP contribution in [0.1, 0.15) is 0 Å². The number of hydrogen-bond acceptors (Lipinski definition) is 16. The van der Waals surface area contributed by atoms with Crippen LogP contribution in [0.4, 0.5) is 0 Å². The number of methoxy groups -OCH3 is 1. The number of aromatic hydroxyl groups is 2. The Morgan fingerprint density at radius 2 is 1.43 bits per heavy atom. The van der Waals surface area contributed by atoms with E-state index in [4.69, 9.17) is 28.1 Å². The van der Waals surface area contributed by atoms with E-state index >= 15 is 0 Å². The molecule has 16 heteroatoms. The van der Waals surface area contributed by atoms with Gasteiger partial charge in [0, 0.05) is 23.8 Å². The summed E-state index contributed by atoms with van der Waals surface area (Å²) in [6.07, 6.45) is -16.8. The van der Waals surface area contributed by atoms with Gasteiger partial charge in [-0.2, -0.15) is 0 Å². The average Bonchev–Trinajstić information content (AvgIpc) is 3.00. The lowest BCUT2D eigenvalue weighted by Gasteiger charge is -2.45. The Morgan fingerprint density at radius 1 is 0.773 bits per heavy atom. The molecule has 3 heterocycles. The van der Waals surface area contributed by atoms with Crippen LogP contribution < -0.4 is 14.9 Å². The smallest absolute Gasteiger partial charge is 0.229 e. The molecule has 0 unspecified atom stereocenters. The third-order valence-corrected chi connectivity index (χ3v) is 7.46. The second-order valence-electron chi connectivity index (χ2n) is 10.3. The van der Waals surface area contributed by atoms with Gasteiger partial charge in [-0.3, -0.25) is 4.79 Å². The lowest BCUT2D eigenvalue weighted by molar-refractivity contribution is -0.357. The first-order chi connectivity index (χ1) is 21.0. The van der Waals surface area contributed by atoms with E-state index in [0.29, 0.717) is 5.56 Å². The number of hydrogen-bond donors (Lipinski definition) is 9. The van der Waals surface area contributed by atoms with Gasteiger partial charge in [0.1, 0.15) is 71.0 Å². The summed E-state index contributed by atoms with van der Waals surface area (Å²) < 4.78 is 33.2. The largest absolute Gasteiger partial charge is 0.507 e. The molecule has 1 aromatic heterocycles. The zero-order chi connectivity index (χ0) is 31.9. The summed E-state index contributed by atoms with van der Waals surface area (Å²) >= 11 is 0. The summed E-state index contributed by atoms with van der Waals surface area (Å²) in [4.78, 5) is 12.9. The number of aliphatic hydroxyl groups excluding tert-OH is 7. The molecule has 2 aromatic carbocycles. The maximum absolute atomic E-state index is 12.9. The number of aliphatic hydroxyl groups is 7. The number of phenols is 2. The van der Waals surface area contributed by atoms with Crippen LogP contribution in [0.15, 0.2) is 45.6 Å². The highest BCUT2D eigenvalue weighted by Gasteiger charge is 2.51. The van der Waals surface area contributed by atoms with Crippen LogP contribution in [-0.4, -0.2) is 128 Å². The third-order valence-electron chi connectivity index (χ3n) is 7.46. The zero-order valence-electron chi connectivity index (χ0n) is 23.0. The van der Waals surface area contributed by atoms with Crippen LogP contribution in [-0.2, 0) is 14.2 Å². The van der Waals surface area contributed by atoms with Crippen molar-refractivity contribution in [1.29, 1.82) is 0 Å². The molecule has 10 atom stereocenters. The standard InChI is InChI=1S/C28H32O16/c1-39-15-3-2-10(4-12(15)31)16-7-14(33)20-13(32)5-11(6-17(20)41-16)40-28-26(24(37)22(35)19(9-30)43-28)44-27-25(38)23(36)21(34)18(8-29)42-27/h2-7,18-19,21-32,34-38H,8-9H2,1H3/t18-,19-,21+,22+,23-,24-,25+,26+,27-,28+/m0/s1. The fourth-order valence-electron chi connectivity index (χ4n) is 5.06. The van der Waals surface area contributed by atoms with Gasteiger partial charge < -0.3 is 74.1 Å². The van der Waals surface area contributed by atoms with Gasteiger partial charge >= 0.3 is 0 Å². The fraction of sp³-hybridized carbons (Fsp3) is 0.464. The Morgan fingerprint density at radius 3 is 2.07 bits per heavy atom. The molecule has 2 aliphatic rings. The average molecular weight is 625 g/mol. The maximum atomic E-state index is 12.9. The summed E-state index contributed by atoms with van der Waals surface area (Å²) in [7, 11) is 1.37. The predicted molar refractivity (Wildman–Crippen MR) is 145 cm³/mol. The van der Waals surface area contributed by atoms with E-state index < -0.39 is 85.8 Å². The molecule has 0 spiro atoms. The van der Waals surface area contributed by atoms with Gasteiger partial charge in [0.15, 0.2) is 29.3 Å². The van der Waals surface area contributed by atoms with E-state index in [1.54, 1.807) is 0 Å². The van der Waals surface area contributed by atoms with Gasteiger partial charge in [-0.25, -0.2) is 0 Å². The lowest BCUT2D eigenvalue weighted by atomic mass is 9.97. The van der Waals surface area contributed by atoms with Crippen LogP contribution in [0.25, 0.3) is 22.3 Å². The van der Waals surface area contributed by atoms with Crippen molar-refractivity contribution in [2.24, 2.45) is 0 Å². The van der Waals surface area contributed by atoms with E-state index in [0.717, 1.165) is 12.1 Å². The van der Waals surface area contributed by atoms with Crippen molar-refractivity contribution in [3.8, 4) is 34.3 Å². The van der Waals surface area contributed by atoms with E-state index in [1.165, 1.54) is 31.4 Å². The van der Waals surface area contributed by atoms with Crippen LogP contribution in [0.5, 0.6) is 23.0 Å². The van der Waals surface area contributed by atoms with Crippen LogP contribution in [0.3, 0.4) is 0 Å². The van der Waals surface area contributed by atoms with Crippen molar-refractivity contribution in [2.75, 3.05) is 20.3 Å². The van der Waals surface area contributed by atoms with Crippen molar-refractivity contribution in [1.82, 2.24) is 0 Å². The summed E-state index contributed by atoms with van der Waals surface area (Å²) in [6.45, 7) is -1.52. The fourth-order valence-corrected chi connectivity index (χ4v) is 5.06. The van der Waals surface area contributed by atoms with Crippen molar-refractivity contribution < 1.29 is 74.1 Å². The number of phenolic OH excluding ortho intramolecular Hbond substituents is 2. The van der Waals surface area contributed by atoms with Gasteiger partial charge in [0.05, 0.1) is 20.3 Å². The summed E-state index contributed by atoms with van der Waals surface area (Å²) in [5, 5.41) is 91.7. The van der Waals surface area contributed by atoms with Crippen molar-refractivity contribution in [3.63, 3.8) is 0 Å². The lowest BCUT2D eigenvalue weighted by Crippen LogP contribution is -2.65. The van der Waals surface area contributed by atoms with Gasteiger partial charge in [0.2, 0.25) is 6.29 Å². The predicted octanol–water partition coefficient (Wildman–Crippen LogP) is -2.12. The first kappa shape index (κ1) is 31.9. The molecule has 16 nitrogen and oxygen atoms in total. The topological polar surface area (TPSA) is 258 Å². The molecular formula is C28H32O16. The number of ether oxygens (including phenoxy) is 5. The molecule has 0 radical (unpaired) electrons. The van der Waals surface area contributed by atoms with Crippen molar-refractivity contribution in [2.45, 2.75) is 61.4 Å². The molecule has 9 N–H and O–H groups in total. The van der Waals surface area contributed by atoms with Gasteiger partial charge in [-0.15, -0.1) is 0 Å². The third kappa shape index (κ3) is 5.92. The molecule has 0 amide bonds. The molecule has 5 rings (SSSR count). The molecule has 2 fully saturated rings. The molecular weight excluding hydrogens is 592 g/mol. The van der Waals surface area contributed by atoms with Gasteiger partial charge in [-0.1, -0.05) is 0 Å². The van der Waals surface area contributed by atoms with E-state index in [-0.39, 0.29) is 34.0 Å².